The van der Waals surface area contributed by atoms with Gasteiger partial charge in [0.2, 0.25) is 0 Å². The van der Waals surface area contributed by atoms with Crippen molar-refractivity contribution in [2.24, 2.45) is 11.7 Å². The van der Waals surface area contributed by atoms with Gasteiger partial charge in [-0.3, -0.25) is 14.9 Å². The van der Waals surface area contributed by atoms with Crippen molar-refractivity contribution in [3.63, 3.8) is 0 Å². The lowest BCUT2D eigenvalue weighted by Gasteiger charge is -2.21. The van der Waals surface area contributed by atoms with Crippen LogP contribution in [-0.4, -0.2) is 41.6 Å². The second kappa shape index (κ2) is 8.14. The summed E-state index contributed by atoms with van der Waals surface area (Å²) in [5.74, 6) is 0.122. The molecule has 1 aromatic carbocycles. The summed E-state index contributed by atoms with van der Waals surface area (Å²) < 4.78 is 0. The molecule has 0 bridgehead atoms. The largest absolute Gasteiger partial charge is 0.342 e. The molecule has 0 aliphatic rings. The van der Waals surface area contributed by atoms with Gasteiger partial charge in [0.1, 0.15) is 0 Å². The fourth-order valence-electron chi connectivity index (χ4n) is 1.96. The van der Waals surface area contributed by atoms with E-state index < -0.39 is 4.92 Å². The number of amides is 1. The first kappa shape index (κ1) is 18.4. The molecule has 22 heavy (non-hydrogen) atoms. The highest BCUT2D eigenvalue weighted by Gasteiger charge is 2.19. The van der Waals surface area contributed by atoms with Gasteiger partial charge in [0, 0.05) is 31.3 Å². The third kappa shape index (κ3) is 4.71. The Hall–Kier alpha value is -1.60. The number of benzene rings is 1. The number of hydrogen-bond acceptors (Lipinski definition) is 5. The molecule has 0 saturated carbocycles. The maximum absolute atomic E-state index is 12.4. The van der Waals surface area contributed by atoms with Gasteiger partial charge in [0.25, 0.3) is 11.6 Å². The predicted octanol–water partition coefficient (Wildman–Crippen LogP) is 2.76. The topological polar surface area (TPSA) is 89.5 Å². The molecule has 2 N–H and O–H groups in total. The Kier molecular flexibility index (Phi) is 6.83. The zero-order chi connectivity index (χ0) is 16.9. The number of rotatable bonds is 7. The van der Waals surface area contributed by atoms with Crippen LogP contribution in [0, 0.1) is 16.0 Å². The summed E-state index contributed by atoms with van der Waals surface area (Å²) in [6.45, 7) is 4.60. The summed E-state index contributed by atoms with van der Waals surface area (Å²) in [6.07, 6.45) is 2.47. The zero-order valence-electron chi connectivity index (χ0n) is 13.4. The average Bonchev–Trinajstić information content (AvgIpc) is 2.50. The summed E-state index contributed by atoms with van der Waals surface area (Å²) >= 11 is 1.29. The van der Waals surface area contributed by atoms with Crippen molar-refractivity contribution >= 4 is 23.4 Å². The number of carbonyl (C=O) groups excluding carboxylic acids is 1. The third-order valence-electron chi connectivity index (χ3n) is 3.62. The molecular formula is C15H23N3O3S. The molecule has 0 radical (unpaired) electrons. The lowest BCUT2D eigenvalue weighted by Crippen LogP contribution is -2.34. The van der Waals surface area contributed by atoms with E-state index in [2.05, 4.69) is 0 Å². The Morgan fingerprint density at radius 3 is 2.59 bits per heavy atom. The van der Waals surface area contributed by atoms with Crippen LogP contribution in [0.1, 0.15) is 30.6 Å². The molecule has 7 heteroatoms. The monoisotopic (exact) mass is 325 g/mol. The van der Waals surface area contributed by atoms with Gasteiger partial charge in [0.15, 0.2) is 0 Å². The Morgan fingerprint density at radius 2 is 2.09 bits per heavy atom. The van der Waals surface area contributed by atoms with Gasteiger partial charge in [-0.15, -0.1) is 11.8 Å². The molecule has 1 unspecified atom stereocenters. The molecule has 0 aromatic heterocycles. The SMILES string of the molecule is CSc1ccc(C(=O)N(C)CCC(N)C(C)C)cc1[N+](=O)[O-]. The first-order chi connectivity index (χ1) is 10.3. The Balaban J connectivity index is 2.84. The van der Waals surface area contributed by atoms with Crippen molar-refractivity contribution in [3.05, 3.63) is 33.9 Å². The van der Waals surface area contributed by atoms with Crippen molar-refractivity contribution in [1.29, 1.82) is 0 Å². The fraction of sp³-hybridized carbons (Fsp3) is 0.533. The smallest absolute Gasteiger partial charge is 0.283 e. The Labute approximate surface area is 135 Å². The van der Waals surface area contributed by atoms with E-state index in [1.165, 1.54) is 17.8 Å². The molecule has 1 amide bonds. The number of nitrogens with zero attached hydrogens (tertiary/aromatic N) is 2. The molecule has 1 atom stereocenters. The van der Waals surface area contributed by atoms with E-state index in [1.807, 2.05) is 13.8 Å². The number of thioether (sulfide) groups is 1. The molecule has 1 aromatic rings. The molecule has 122 valence electrons. The first-order valence-corrected chi connectivity index (χ1v) is 8.33. The van der Waals surface area contributed by atoms with E-state index in [0.717, 1.165) is 0 Å². The van der Waals surface area contributed by atoms with Crippen LogP contribution in [0.2, 0.25) is 0 Å². The fourth-order valence-corrected chi connectivity index (χ4v) is 2.51. The zero-order valence-corrected chi connectivity index (χ0v) is 14.2. The summed E-state index contributed by atoms with van der Waals surface area (Å²) in [4.78, 5) is 25.1. The second-order valence-electron chi connectivity index (χ2n) is 5.57. The highest BCUT2D eigenvalue weighted by molar-refractivity contribution is 7.98. The van der Waals surface area contributed by atoms with Crippen LogP contribution in [-0.2, 0) is 0 Å². The van der Waals surface area contributed by atoms with Gasteiger partial charge >= 0.3 is 0 Å². The summed E-state index contributed by atoms with van der Waals surface area (Å²) in [7, 11) is 1.68. The summed E-state index contributed by atoms with van der Waals surface area (Å²) in [5.41, 5.74) is 6.26. The number of nitrogens with two attached hydrogens (primary N) is 1. The molecule has 6 nitrogen and oxygen atoms in total. The van der Waals surface area contributed by atoms with Crippen LogP contribution in [0.4, 0.5) is 5.69 Å². The van der Waals surface area contributed by atoms with Crippen LogP contribution in [0.25, 0.3) is 0 Å². The number of nitro benzene ring substituents is 1. The normalized spacial score (nSPS) is 12.3. The van der Waals surface area contributed by atoms with Gasteiger partial charge < -0.3 is 10.6 Å². The van der Waals surface area contributed by atoms with Gasteiger partial charge in [-0.05, 0) is 30.7 Å². The third-order valence-corrected chi connectivity index (χ3v) is 4.41. The van der Waals surface area contributed by atoms with Crippen molar-refractivity contribution in [3.8, 4) is 0 Å². The van der Waals surface area contributed by atoms with E-state index >= 15 is 0 Å². The first-order valence-electron chi connectivity index (χ1n) is 7.11. The van der Waals surface area contributed by atoms with E-state index in [9.17, 15) is 14.9 Å². The number of carbonyl (C=O) groups is 1. The van der Waals surface area contributed by atoms with E-state index in [-0.39, 0.29) is 17.6 Å². The van der Waals surface area contributed by atoms with Crippen LogP contribution < -0.4 is 5.73 Å². The van der Waals surface area contributed by atoms with E-state index in [4.69, 9.17) is 5.73 Å². The quantitative estimate of drug-likeness (QED) is 0.473. The van der Waals surface area contributed by atoms with Crippen LogP contribution >= 0.6 is 11.8 Å². The summed E-state index contributed by atoms with van der Waals surface area (Å²) in [6, 6.07) is 4.61. The van der Waals surface area contributed by atoms with Gasteiger partial charge in [-0.1, -0.05) is 13.8 Å². The summed E-state index contributed by atoms with van der Waals surface area (Å²) in [5, 5.41) is 11.1. The minimum Gasteiger partial charge on any atom is -0.342 e. The maximum Gasteiger partial charge on any atom is 0.283 e. The lowest BCUT2D eigenvalue weighted by atomic mass is 10.0. The van der Waals surface area contributed by atoms with E-state index in [0.29, 0.717) is 29.3 Å². The average molecular weight is 325 g/mol. The maximum atomic E-state index is 12.4. The van der Waals surface area contributed by atoms with Crippen LogP contribution in [0.5, 0.6) is 0 Å². The molecule has 0 aliphatic carbocycles. The van der Waals surface area contributed by atoms with Crippen molar-refractivity contribution in [2.45, 2.75) is 31.2 Å². The minimum atomic E-state index is -0.461. The molecule has 0 aliphatic heterocycles. The van der Waals surface area contributed by atoms with Crippen molar-refractivity contribution in [2.75, 3.05) is 19.8 Å². The molecular weight excluding hydrogens is 302 g/mol. The highest BCUT2D eigenvalue weighted by atomic mass is 32.2. The Morgan fingerprint density at radius 1 is 1.45 bits per heavy atom. The minimum absolute atomic E-state index is 0.0310. The van der Waals surface area contributed by atoms with Gasteiger partial charge in [-0.2, -0.15) is 0 Å². The van der Waals surface area contributed by atoms with Gasteiger partial charge in [0.05, 0.1) is 9.82 Å². The van der Waals surface area contributed by atoms with Crippen molar-refractivity contribution < 1.29 is 9.72 Å². The second-order valence-corrected chi connectivity index (χ2v) is 6.42. The van der Waals surface area contributed by atoms with Crippen LogP contribution in [0.3, 0.4) is 0 Å². The lowest BCUT2D eigenvalue weighted by molar-refractivity contribution is -0.387. The van der Waals surface area contributed by atoms with Gasteiger partial charge in [-0.25, -0.2) is 0 Å². The molecule has 0 spiro atoms. The Bertz CT molecular complexity index is 549. The van der Waals surface area contributed by atoms with Crippen LogP contribution in [0.15, 0.2) is 23.1 Å². The van der Waals surface area contributed by atoms with E-state index in [1.54, 1.807) is 30.3 Å². The number of hydrogen-bond donors (Lipinski definition) is 1. The van der Waals surface area contributed by atoms with Crippen molar-refractivity contribution in [1.82, 2.24) is 4.90 Å². The molecule has 1 rings (SSSR count). The molecule has 0 saturated heterocycles. The molecule has 0 heterocycles. The standard InChI is InChI=1S/C15H23N3O3S/c1-10(2)12(16)7-8-17(3)15(19)11-5-6-14(22-4)13(9-11)18(20)21/h5-6,9-10,12H,7-8,16H2,1-4H3. The highest BCUT2D eigenvalue weighted by Crippen LogP contribution is 2.28. The number of nitro groups is 1. The molecule has 0 fully saturated rings. The predicted molar refractivity (Wildman–Crippen MR) is 89.3 cm³/mol.